The Kier molecular flexibility index (Phi) is 5.69. The van der Waals surface area contributed by atoms with Crippen LogP contribution >= 0.6 is 0 Å². The van der Waals surface area contributed by atoms with Crippen LogP contribution in [0.15, 0.2) is 36.5 Å². The van der Waals surface area contributed by atoms with Gasteiger partial charge >= 0.3 is 0 Å². The van der Waals surface area contributed by atoms with E-state index in [0.29, 0.717) is 24.2 Å². The summed E-state index contributed by atoms with van der Waals surface area (Å²) in [5.74, 6) is 0.594. The Hall–Kier alpha value is -2.96. The van der Waals surface area contributed by atoms with E-state index in [-0.39, 0.29) is 5.91 Å². The van der Waals surface area contributed by atoms with E-state index in [4.69, 9.17) is 5.73 Å². The third kappa shape index (κ3) is 4.24. The van der Waals surface area contributed by atoms with Crippen LogP contribution in [0.25, 0.3) is 11.4 Å². The second-order valence-corrected chi connectivity index (χ2v) is 6.83. The molecule has 7 nitrogen and oxygen atoms in total. The Morgan fingerprint density at radius 2 is 1.81 bits per heavy atom. The summed E-state index contributed by atoms with van der Waals surface area (Å²) >= 11 is 0. The lowest BCUT2D eigenvalue weighted by molar-refractivity contribution is -0.125. The Morgan fingerprint density at radius 1 is 1.11 bits per heavy atom. The number of carbonyl (C=O) groups is 2. The van der Waals surface area contributed by atoms with Crippen molar-refractivity contribution in [2.24, 2.45) is 5.73 Å². The maximum atomic E-state index is 12.6. The number of nitrogens with one attached hydrogen (secondary N) is 2. The first kappa shape index (κ1) is 18.8. The van der Waals surface area contributed by atoms with Crippen molar-refractivity contribution in [3.8, 4) is 11.4 Å². The summed E-state index contributed by atoms with van der Waals surface area (Å²) in [6, 6.07) is 8.84. The van der Waals surface area contributed by atoms with Gasteiger partial charge in [-0.2, -0.15) is 0 Å². The van der Waals surface area contributed by atoms with E-state index in [1.54, 1.807) is 30.5 Å². The number of hydrogen-bond acceptors (Lipinski definition) is 5. The van der Waals surface area contributed by atoms with Gasteiger partial charge in [0.1, 0.15) is 11.4 Å². The van der Waals surface area contributed by atoms with Crippen molar-refractivity contribution < 1.29 is 9.59 Å². The van der Waals surface area contributed by atoms with Gasteiger partial charge in [0, 0.05) is 23.9 Å². The number of amides is 2. The fourth-order valence-corrected chi connectivity index (χ4v) is 3.43. The summed E-state index contributed by atoms with van der Waals surface area (Å²) in [7, 11) is 0. The van der Waals surface area contributed by atoms with Crippen molar-refractivity contribution in [3.63, 3.8) is 0 Å². The number of carbonyl (C=O) groups excluding carboxylic acids is 2. The highest BCUT2D eigenvalue weighted by atomic mass is 16.2. The molecule has 1 aliphatic carbocycles. The first-order valence-electron chi connectivity index (χ1n) is 9.34. The average molecular weight is 367 g/mol. The molecule has 0 radical (unpaired) electrons. The van der Waals surface area contributed by atoms with Gasteiger partial charge in [0.05, 0.1) is 0 Å². The number of hydrogen-bond donors (Lipinski definition) is 3. The van der Waals surface area contributed by atoms with Crippen LogP contribution in [-0.2, 0) is 4.79 Å². The minimum atomic E-state index is -0.933. The minimum absolute atomic E-state index is 0.287. The van der Waals surface area contributed by atoms with E-state index < -0.39 is 11.4 Å². The molecule has 1 aromatic carbocycles. The van der Waals surface area contributed by atoms with Gasteiger partial charge in [-0.15, -0.1) is 0 Å². The minimum Gasteiger partial charge on any atom is -0.370 e. The summed E-state index contributed by atoms with van der Waals surface area (Å²) in [5, 5.41) is 6.03. The van der Waals surface area contributed by atoms with Gasteiger partial charge < -0.3 is 16.4 Å². The molecule has 0 atom stereocenters. The molecule has 4 N–H and O–H groups in total. The van der Waals surface area contributed by atoms with Gasteiger partial charge in [0.2, 0.25) is 5.91 Å². The zero-order valence-electron chi connectivity index (χ0n) is 15.5. The van der Waals surface area contributed by atoms with Crippen LogP contribution < -0.4 is 16.4 Å². The molecule has 27 heavy (non-hydrogen) atoms. The molecule has 2 amide bonds. The molecular weight excluding hydrogens is 342 g/mol. The summed E-state index contributed by atoms with van der Waals surface area (Å²) in [6.45, 7) is 2.78. The average Bonchev–Trinajstić information content (AvgIpc) is 2.69. The Bertz CT molecular complexity index is 813. The molecule has 0 aliphatic heterocycles. The molecule has 0 spiro atoms. The standard InChI is InChI=1S/C20H25N5O2/c1-2-22-16-10-13-23-17(24-16)14-6-8-15(9-7-14)18(26)25-20(19(21)27)11-4-3-5-12-20/h6-10,13H,2-5,11-12H2,1H3,(H2,21,27)(H,25,26)(H,22,23,24). The zero-order chi connectivity index (χ0) is 19.3. The van der Waals surface area contributed by atoms with Crippen LogP contribution in [0, 0.1) is 0 Å². The smallest absolute Gasteiger partial charge is 0.252 e. The maximum Gasteiger partial charge on any atom is 0.252 e. The van der Waals surface area contributed by atoms with Crippen molar-refractivity contribution >= 4 is 17.6 Å². The number of rotatable bonds is 6. The van der Waals surface area contributed by atoms with E-state index in [2.05, 4.69) is 20.6 Å². The van der Waals surface area contributed by atoms with Crippen LogP contribution in [0.1, 0.15) is 49.4 Å². The van der Waals surface area contributed by atoms with Crippen LogP contribution in [0.5, 0.6) is 0 Å². The molecule has 1 aromatic heterocycles. The van der Waals surface area contributed by atoms with Crippen molar-refractivity contribution in [2.45, 2.75) is 44.6 Å². The Morgan fingerprint density at radius 3 is 2.44 bits per heavy atom. The molecule has 142 valence electrons. The van der Waals surface area contributed by atoms with Crippen molar-refractivity contribution in [3.05, 3.63) is 42.1 Å². The van der Waals surface area contributed by atoms with Gasteiger partial charge in [-0.05, 0) is 38.0 Å². The maximum absolute atomic E-state index is 12.6. The van der Waals surface area contributed by atoms with E-state index in [0.717, 1.165) is 37.2 Å². The highest BCUT2D eigenvalue weighted by molar-refractivity contribution is 5.99. The summed E-state index contributed by atoms with van der Waals surface area (Å²) in [5.41, 5.74) is 5.95. The number of anilines is 1. The molecule has 0 saturated heterocycles. The second kappa shape index (κ2) is 8.16. The molecule has 7 heteroatoms. The molecule has 0 bridgehead atoms. The molecule has 1 heterocycles. The van der Waals surface area contributed by atoms with Crippen LogP contribution in [0.2, 0.25) is 0 Å². The largest absolute Gasteiger partial charge is 0.370 e. The third-order valence-electron chi connectivity index (χ3n) is 4.95. The van der Waals surface area contributed by atoms with Crippen LogP contribution in [0.3, 0.4) is 0 Å². The fourth-order valence-electron chi connectivity index (χ4n) is 3.43. The Balaban J connectivity index is 1.75. The van der Waals surface area contributed by atoms with Gasteiger partial charge in [-0.25, -0.2) is 9.97 Å². The molecular formula is C20H25N5O2. The molecule has 1 aliphatic rings. The quantitative estimate of drug-likeness (QED) is 0.726. The number of aromatic nitrogens is 2. The highest BCUT2D eigenvalue weighted by Gasteiger charge is 2.39. The van der Waals surface area contributed by atoms with E-state index in [1.165, 1.54) is 0 Å². The number of nitrogens with two attached hydrogens (primary N) is 1. The lowest BCUT2D eigenvalue weighted by atomic mass is 9.81. The van der Waals surface area contributed by atoms with Gasteiger partial charge in [0.25, 0.3) is 5.91 Å². The van der Waals surface area contributed by atoms with Crippen molar-refractivity contribution in [2.75, 3.05) is 11.9 Å². The van der Waals surface area contributed by atoms with Crippen LogP contribution in [-0.4, -0.2) is 33.9 Å². The summed E-state index contributed by atoms with van der Waals surface area (Å²) < 4.78 is 0. The number of primary amides is 1. The number of nitrogens with zero attached hydrogens (tertiary/aromatic N) is 2. The highest BCUT2D eigenvalue weighted by Crippen LogP contribution is 2.28. The second-order valence-electron chi connectivity index (χ2n) is 6.83. The molecule has 1 saturated carbocycles. The van der Waals surface area contributed by atoms with Gasteiger partial charge in [-0.1, -0.05) is 31.4 Å². The lowest BCUT2D eigenvalue weighted by Gasteiger charge is -2.35. The molecule has 0 unspecified atom stereocenters. The molecule has 1 fully saturated rings. The predicted octanol–water partition coefficient (Wildman–Crippen LogP) is 2.49. The predicted molar refractivity (Wildman–Crippen MR) is 104 cm³/mol. The lowest BCUT2D eigenvalue weighted by Crippen LogP contribution is -2.58. The SMILES string of the molecule is CCNc1ccnc(-c2ccc(C(=O)NC3(C(N)=O)CCCCC3)cc2)n1. The van der Waals surface area contributed by atoms with E-state index in [1.807, 2.05) is 13.0 Å². The monoisotopic (exact) mass is 367 g/mol. The van der Waals surface area contributed by atoms with E-state index >= 15 is 0 Å². The van der Waals surface area contributed by atoms with Gasteiger partial charge in [0.15, 0.2) is 5.82 Å². The van der Waals surface area contributed by atoms with Gasteiger partial charge in [-0.3, -0.25) is 9.59 Å². The van der Waals surface area contributed by atoms with Crippen molar-refractivity contribution in [1.29, 1.82) is 0 Å². The summed E-state index contributed by atoms with van der Waals surface area (Å²) in [6.07, 6.45) is 5.73. The first-order chi connectivity index (χ1) is 13.0. The Labute approximate surface area is 158 Å². The molecule has 3 rings (SSSR count). The third-order valence-corrected chi connectivity index (χ3v) is 4.95. The van der Waals surface area contributed by atoms with E-state index in [9.17, 15) is 9.59 Å². The van der Waals surface area contributed by atoms with Crippen LogP contribution in [0.4, 0.5) is 5.82 Å². The normalized spacial score (nSPS) is 15.7. The van der Waals surface area contributed by atoms with Crippen molar-refractivity contribution in [1.82, 2.24) is 15.3 Å². The topological polar surface area (TPSA) is 110 Å². The fraction of sp³-hybridized carbons (Fsp3) is 0.400. The zero-order valence-corrected chi connectivity index (χ0v) is 15.5. The molecule has 2 aromatic rings. The number of benzene rings is 1. The summed E-state index contributed by atoms with van der Waals surface area (Å²) in [4.78, 5) is 33.3. The first-order valence-corrected chi connectivity index (χ1v) is 9.34.